The molecule has 2 aliphatic carbocycles. The van der Waals surface area contributed by atoms with E-state index in [1.54, 1.807) is 19.1 Å². The minimum Gasteiger partial charge on any atom is -0.311 e. The van der Waals surface area contributed by atoms with Crippen molar-refractivity contribution in [2.24, 2.45) is 11.3 Å². The summed E-state index contributed by atoms with van der Waals surface area (Å²) in [5.74, 6) is 0.855. The van der Waals surface area contributed by atoms with Crippen LogP contribution in [0.3, 0.4) is 0 Å². The van der Waals surface area contributed by atoms with E-state index in [9.17, 15) is 9.18 Å². The number of amides is 1. The van der Waals surface area contributed by atoms with Crippen LogP contribution in [-0.2, 0) is 10.2 Å². The van der Waals surface area contributed by atoms with Crippen molar-refractivity contribution in [3.8, 4) is 0 Å². The topological polar surface area (TPSA) is 23.6 Å². The molecule has 3 atom stereocenters. The molecule has 1 amide bonds. The molecule has 0 radical (unpaired) electrons. The van der Waals surface area contributed by atoms with Gasteiger partial charge in [-0.25, -0.2) is 4.39 Å². The zero-order chi connectivity index (χ0) is 18.8. The lowest BCUT2D eigenvalue weighted by molar-refractivity contribution is -0.116. The zero-order valence-corrected chi connectivity index (χ0v) is 16.6. The minimum atomic E-state index is -0.183. The molecule has 4 heteroatoms. The first-order chi connectivity index (χ1) is 12.9. The summed E-state index contributed by atoms with van der Waals surface area (Å²) in [7, 11) is 0. The third kappa shape index (κ3) is 2.66. The van der Waals surface area contributed by atoms with Crippen molar-refractivity contribution >= 4 is 11.6 Å². The number of rotatable bonds is 1. The van der Waals surface area contributed by atoms with E-state index in [4.69, 9.17) is 0 Å². The third-order valence-electron chi connectivity index (χ3n) is 8.39. The highest BCUT2D eigenvalue weighted by Crippen LogP contribution is 2.54. The van der Waals surface area contributed by atoms with Crippen LogP contribution in [0.2, 0.25) is 0 Å². The number of halogens is 1. The summed E-state index contributed by atoms with van der Waals surface area (Å²) >= 11 is 0. The maximum absolute atomic E-state index is 14.0. The van der Waals surface area contributed by atoms with Crippen LogP contribution in [-0.4, -0.2) is 36.5 Å². The highest BCUT2D eigenvalue weighted by atomic mass is 19.1. The van der Waals surface area contributed by atoms with E-state index in [0.717, 1.165) is 49.6 Å². The predicted molar refractivity (Wildman–Crippen MR) is 105 cm³/mol. The lowest BCUT2D eigenvalue weighted by atomic mass is 9.69. The average molecular weight is 371 g/mol. The van der Waals surface area contributed by atoms with Gasteiger partial charge in [0, 0.05) is 30.6 Å². The summed E-state index contributed by atoms with van der Waals surface area (Å²) in [5, 5.41) is 0. The van der Waals surface area contributed by atoms with Gasteiger partial charge in [-0.3, -0.25) is 9.69 Å². The molecule has 1 spiro atoms. The van der Waals surface area contributed by atoms with Crippen molar-refractivity contribution in [3.05, 3.63) is 29.6 Å². The molecule has 3 fully saturated rings. The lowest BCUT2D eigenvalue weighted by Crippen LogP contribution is -2.54. The van der Waals surface area contributed by atoms with E-state index in [1.807, 2.05) is 4.90 Å². The average Bonchev–Trinajstić information content (AvgIpc) is 3.12. The van der Waals surface area contributed by atoms with Crippen LogP contribution in [0.15, 0.2) is 18.2 Å². The largest absolute Gasteiger partial charge is 0.311 e. The highest BCUT2D eigenvalue weighted by molar-refractivity contribution is 5.94. The molecule has 146 valence electrons. The molecule has 5 rings (SSSR count). The van der Waals surface area contributed by atoms with E-state index in [-0.39, 0.29) is 17.1 Å². The number of piperidine rings is 1. The van der Waals surface area contributed by atoms with Gasteiger partial charge in [0.2, 0.25) is 5.91 Å². The Hall–Kier alpha value is -1.42. The standard InChI is InChI=1S/C23H31FN2O/c1-16(27)26-15-23(19-13-18(24)4-5-20(19)26)9-11-25(12-10-23)21-6-3-17-7-8-22(21,2)14-17/h4-5,13,17,21H,3,6-12,14-15H2,1-2H3/t17-,21?,22-/m1/s1. The van der Waals surface area contributed by atoms with Crippen LogP contribution in [0.25, 0.3) is 0 Å². The fraction of sp³-hybridized carbons (Fsp3) is 0.696. The summed E-state index contributed by atoms with van der Waals surface area (Å²) in [6, 6.07) is 5.69. The van der Waals surface area contributed by atoms with Gasteiger partial charge in [0.1, 0.15) is 5.82 Å². The molecule has 27 heavy (non-hydrogen) atoms. The van der Waals surface area contributed by atoms with E-state index >= 15 is 0 Å². The second kappa shape index (κ2) is 6.04. The number of fused-ring (bicyclic) bond motifs is 4. The van der Waals surface area contributed by atoms with Crippen LogP contribution >= 0.6 is 0 Å². The number of hydrogen-bond donors (Lipinski definition) is 0. The quantitative estimate of drug-likeness (QED) is 0.727. The number of carbonyl (C=O) groups excluding carboxylic acids is 1. The first-order valence-corrected chi connectivity index (χ1v) is 10.7. The van der Waals surface area contributed by atoms with E-state index in [0.29, 0.717) is 11.5 Å². The lowest BCUT2D eigenvalue weighted by Gasteiger charge is -2.49. The van der Waals surface area contributed by atoms with Gasteiger partial charge in [-0.2, -0.15) is 0 Å². The van der Waals surface area contributed by atoms with E-state index < -0.39 is 0 Å². The number of likely N-dealkylation sites (tertiary alicyclic amines) is 1. The van der Waals surface area contributed by atoms with E-state index in [2.05, 4.69) is 11.8 Å². The van der Waals surface area contributed by atoms with Crippen molar-refractivity contribution in [1.29, 1.82) is 0 Å². The summed E-state index contributed by atoms with van der Waals surface area (Å²) in [6.45, 7) is 7.01. The number of hydrogen-bond acceptors (Lipinski definition) is 2. The molecule has 1 unspecified atom stereocenters. The molecule has 2 aliphatic heterocycles. The minimum absolute atomic E-state index is 0.0621. The number of carbonyl (C=O) groups is 1. The van der Waals surface area contributed by atoms with Crippen LogP contribution in [0.4, 0.5) is 10.1 Å². The van der Waals surface area contributed by atoms with Crippen molar-refractivity contribution in [2.75, 3.05) is 24.5 Å². The van der Waals surface area contributed by atoms with Crippen LogP contribution in [0.1, 0.15) is 64.4 Å². The van der Waals surface area contributed by atoms with Crippen molar-refractivity contribution < 1.29 is 9.18 Å². The molecule has 4 aliphatic rings. The molecule has 1 aromatic rings. The molecule has 1 saturated heterocycles. The second-order valence-corrected chi connectivity index (χ2v) is 9.94. The molecule has 1 aromatic carbocycles. The fourth-order valence-electron chi connectivity index (χ4n) is 6.93. The SMILES string of the molecule is CC(=O)N1CC2(CCN(C3CC[C@@H]4CC[C@]3(C)C4)CC2)c2cc(F)ccc21. The van der Waals surface area contributed by atoms with Crippen LogP contribution in [0, 0.1) is 17.2 Å². The Morgan fingerprint density at radius 1 is 1.15 bits per heavy atom. The van der Waals surface area contributed by atoms with Gasteiger partial charge in [-0.05, 0) is 93.1 Å². The number of nitrogens with zero attached hydrogens (tertiary/aromatic N) is 2. The van der Waals surface area contributed by atoms with Gasteiger partial charge in [0.05, 0.1) is 0 Å². The molecular formula is C23H31FN2O. The van der Waals surface area contributed by atoms with Crippen LogP contribution < -0.4 is 4.90 Å². The summed E-state index contributed by atoms with van der Waals surface area (Å²) in [5.41, 5.74) is 2.43. The Kier molecular flexibility index (Phi) is 3.95. The molecule has 3 nitrogen and oxygen atoms in total. The van der Waals surface area contributed by atoms with Gasteiger partial charge in [-0.15, -0.1) is 0 Å². The van der Waals surface area contributed by atoms with Gasteiger partial charge in [0.15, 0.2) is 0 Å². The maximum Gasteiger partial charge on any atom is 0.223 e. The van der Waals surface area contributed by atoms with Gasteiger partial charge < -0.3 is 4.90 Å². The second-order valence-electron chi connectivity index (χ2n) is 9.94. The Balaban J connectivity index is 1.39. The molecule has 2 heterocycles. The van der Waals surface area contributed by atoms with Crippen LogP contribution in [0.5, 0.6) is 0 Å². The Morgan fingerprint density at radius 3 is 2.67 bits per heavy atom. The number of benzene rings is 1. The summed E-state index contributed by atoms with van der Waals surface area (Å²) < 4.78 is 14.0. The Labute approximate surface area is 161 Å². The van der Waals surface area contributed by atoms with Crippen molar-refractivity contribution in [1.82, 2.24) is 4.90 Å². The highest BCUT2D eigenvalue weighted by Gasteiger charge is 2.51. The first-order valence-electron chi connectivity index (χ1n) is 10.7. The van der Waals surface area contributed by atoms with Crippen molar-refractivity contribution in [3.63, 3.8) is 0 Å². The molecule has 2 saturated carbocycles. The summed E-state index contributed by atoms with van der Waals surface area (Å²) in [4.78, 5) is 16.8. The molecule has 0 N–H and O–H groups in total. The fourth-order valence-corrected chi connectivity index (χ4v) is 6.93. The van der Waals surface area contributed by atoms with E-state index in [1.165, 1.54) is 38.2 Å². The number of anilines is 1. The smallest absolute Gasteiger partial charge is 0.223 e. The van der Waals surface area contributed by atoms with Gasteiger partial charge in [-0.1, -0.05) is 6.92 Å². The molecular weight excluding hydrogens is 339 g/mol. The zero-order valence-electron chi connectivity index (χ0n) is 16.6. The monoisotopic (exact) mass is 370 g/mol. The molecule has 2 bridgehead atoms. The predicted octanol–water partition coefficient (Wildman–Crippen LogP) is 4.49. The molecule has 0 aromatic heterocycles. The Bertz CT molecular complexity index is 770. The maximum atomic E-state index is 14.0. The van der Waals surface area contributed by atoms with Crippen molar-refractivity contribution in [2.45, 2.75) is 70.3 Å². The van der Waals surface area contributed by atoms with Gasteiger partial charge >= 0.3 is 0 Å². The first kappa shape index (κ1) is 17.7. The van der Waals surface area contributed by atoms with Gasteiger partial charge in [0.25, 0.3) is 0 Å². The normalized spacial score (nSPS) is 34.9. The Morgan fingerprint density at radius 2 is 1.93 bits per heavy atom. The third-order valence-corrected chi connectivity index (χ3v) is 8.39. The summed E-state index contributed by atoms with van der Waals surface area (Å²) in [6.07, 6.45) is 9.02.